The number of nitrogens with one attached hydrogen (secondary N) is 1. The molecule has 5 nitrogen and oxygen atoms in total. The van der Waals surface area contributed by atoms with Crippen molar-refractivity contribution in [2.45, 2.75) is 19.1 Å². The lowest BCUT2D eigenvalue weighted by Crippen LogP contribution is -2.18. The van der Waals surface area contributed by atoms with E-state index < -0.39 is 0 Å². The van der Waals surface area contributed by atoms with E-state index in [4.69, 9.17) is 4.74 Å². The van der Waals surface area contributed by atoms with Crippen molar-refractivity contribution in [3.05, 3.63) is 31.9 Å². The molecule has 0 bridgehead atoms. The van der Waals surface area contributed by atoms with Crippen LogP contribution in [0.1, 0.15) is 12.8 Å². The zero-order valence-corrected chi connectivity index (χ0v) is 10.6. The molecule has 0 unspecified atom stereocenters. The number of benzene rings is 1. The summed E-state index contributed by atoms with van der Waals surface area (Å²) < 4.78 is 6.36. The number of nitro groups is 1. The predicted molar refractivity (Wildman–Crippen MR) is 68.4 cm³/mol. The van der Waals surface area contributed by atoms with Gasteiger partial charge in [-0.15, -0.1) is 0 Å². The standard InChI is InChI=1S/C10H11IN2O3/c11-7-3-4-9(13(14)15)8(6-7)12-10-2-1-5-16-10/h3-4,6,10,12H,1-2,5H2/t10-/m1/s1. The minimum atomic E-state index is -0.382. The second-order valence-corrected chi connectivity index (χ2v) is 4.81. The first-order valence-electron chi connectivity index (χ1n) is 4.99. The summed E-state index contributed by atoms with van der Waals surface area (Å²) in [4.78, 5) is 10.4. The van der Waals surface area contributed by atoms with Crippen molar-refractivity contribution in [3.8, 4) is 0 Å². The molecule has 16 heavy (non-hydrogen) atoms. The Hall–Kier alpha value is -0.890. The Morgan fingerprint density at radius 3 is 3.00 bits per heavy atom. The molecule has 1 heterocycles. The van der Waals surface area contributed by atoms with Gasteiger partial charge in [0.15, 0.2) is 0 Å². The molecule has 1 atom stereocenters. The molecule has 0 radical (unpaired) electrons. The minimum Gasteiger partial charge on any atom is -0.359 e. The van der Waals surface area contributed by atoms with Crippen LogP contribution in [0.2, 0.25) is 0 Å². The number of anilines is 1. The van der Waals surface area contributed by atoms with Gasteiger partial charge in [0.05, 0.1) is 4.92 Å². The maximum Gasteiger partial charge on any atom is 0.292 e. The Morgan fingerprint density at radius 1 is 1.56 bits per heavy atom. The number of rotatable bonds is 3. The fourth-order valence-electron chi connectivity index (χ4n) is 1.65. The van der Waals surface area contributed by atoms with Crippen molar-refractivity contribution in [1.82, 2.24) is 0 Å². The Bertz CT molecular complexity index is 405. The summed E-state index contributed by atoms with van der Waals surface area (Å²) in [7, 11) is 0. The van der Waals surface area contributed by atoms with Gasteiger partial charge in [-0.25, -0.2) is 0 Å². The molecular formula is C10H11IN2O3. The molecule has 0 aliphatic carbocycles. The number of hydrogen-bond acceptors (Lipinski definition) is 4. The molecule has 1 aliphatic rings. The van der Waals surface area contributed by atoms with E-state index in [2.05, 4.69) is 27.9 Å². The van der Waals surface area contributed by atoms with Gasteiger partial charge in [-0.1, -0.05) is 0 Å². The highest BCUT2D eigenvalue weighted by atomic mass is 127. The average Bonchev–Trinajstić information content (AvgIpc) is 2.70. The Balaban J connectivity index is 2.22. The monoisotopic (exact) mass is 334 g/mol. The van der Waals surface area contributed by atoms with Crippen LogP contribution < -0.4 is 5.32 Å². The topological polar surface area (TPSA) is 64.4 Å². The summed E-state index contributed by atoms with van der Waals surface area (Å²) in [5.41, 5.74) is 0.625. The normalized spacial score (nSPS) is 19.7. The lowest BCUT2D eigenvalue weighted by molar-refractivity contribution is -0.384. The predicted octanol–water partition coefficient (Wildman–Crippen LogP) is 2.75. The fourth-order valence-corrected chi connectivity index (χ4v) is 2.14. The van der Waals surface area contributed by atoms with E-state index in [1.165, 1.54) is 6.07 Å². The van der Waals surface area contributed by atoms with Gasteiger partial charge in [0.25, 0.3) is 5.69 Å². The molecule has 1 fully saturated rings. The Kier molecular flexibility index (Phi) is 3.59. The van der Waals surface area contributed by atoms with Gasteiger partial charge < -0.3 is 10.1 Å². The molecule has 0 spiro atoms. The maximum absolute atomic E-state index is 10.8. The van der Waals surface area contributed by atoms with Crippen molar-refractivity contribution >= 4 is 34.0 Å². The maximum atomic E-state index is 10.8. The molecule has 1 aromatic rings. The molecule has 0 aromatic heterocycles. The van der Waals surface area contributed by atoms with Crippen LogP contribution in [0, 0.1) is 13.7 Å². The van der Waals surface area contributed by atoms with E-state index in [-0.39, 0.29) is 16.8 Å². The van der Waals surface area contributed by atoms with E-state index in [0.29, 0.717) is 5.69 Å². The lowest BCUT2D eigenvalue weighted by Gasteiger charge is -2.13. The molecule has 86 valence electrons. The van der Waals surface area contributed by atoms with Crippen molar-refractivity contribution in [3.63, 3.8) is 0 Å². The van der Waals surface area contributed by atoms with Crippen LogP contribution in [-0.4, -0.2) is 17.8 Å². The number of ether oxygens (including phenoxy) is 1. The summed E-state index contributed by atoms with van der Waals surface area (Å²) >= 11 is 2.13. The number of hydrogen-bond donors (Lipinski definition) is 1. The zero-order chi connectivity index (χ0) is 11.5. The Labute approximate surface area is 106 Å². The molecule has 6 heteroatoms. The van der Waals surface area contributed by atoms with E-state index in [1.54, 1.807) is 12.1 Å². The third kappa shape index (κ3) is 2.62. The van der Waals surface area contributed by atoms with Gasteiger partial charge in [0.2, 0.25) is 0 Å². The van der Waals surface area contributed by atoms with Crippen molar-refractivity contribution in [1.29, 1.82) is 0 Å². The number of nitrogens with zero attached hydrogens (tertiary/aromatic N) is 1. The number of nitro benzene ring substituents is 1. The van der Waals surface area contributed by atoms with Crippen LogP contribution >= 0.6 is 22.6 Å². The molecule has 1 aromatic carbocycles. The zero-order valence-electron chi connectivity index (χ0n) is 8.48. The molecule has 0 amide bonds. The highest BCUT2D eigenvalue weighted by Gasteiger charge is 2.20. The second kappa shape index (κ2) is 4.96. The number of halogens is 1. The quantitative estimate of drug-likeness (QED) is 0.524. The third-order valence-electron chi connectivity index (χ3n) is 2.40. The van der Waals surface area contributed by atoms with Crippen molar-refractivity contribution < 1.29 is 9.66 Å². The summed E-state index contributed by atoms with van der Waals surface area (Å²) in [6.45, 7) is 0.718. The molecule has 1 aliphatic heterocycles. The highest BCUT2D eigenvalue weighted by molar-refractivity contribution is 14.1. The van der Waals surface area contributed by atoms with Gasteiger partial charge >= 0.3 is 0 Å². The largest absolute Gasteiger partial charge is 0.359 e. The summed E-state index contributed by atoms with van der Waals surface area (Å²) in [6, 6.07) is 5.00. The molecule has 1 saturated heterocycles. The molecule has 2 rings (SSSR count). The summed E-state index contributed by atoms with van der Waals surface area (Å²) in [5.74, 6) is 0. The lowest BCUT2D eigenvalue weighted by atomic mass is 10.2. The van der Waals surface area contributed by atoms with Crippen molar-refractivity contribution in [2.75, 3.05) is 11.9 Å². The van der Waals surface area contributed by atoms with Crippen LogP contribution in [0.3, 0.4) is 0 Å². The summed E-state index contributed by atoms with van der Waals surface area (Å²) in [5, 5.41) is 13.9. The molecule has 1 N–H and O–H groups in total. The van der Waals surface area contributed by atoms with Crippen molar-refractivity contribution in [2.24, 2.45) is 0 Å². The van der Waals surface area contributed by atoms with Crippen LogP contribution in [0.4, 0.5) is 11.4 Å². The van der Waals surface area contributed by atoms with E-state index >= 15 is 0 Å². The van der Waals surface area contributed by atoms with E-state index in [1.807, 2.05) is 0 Å². The first kappa shape index (κ1) is 11.6. The average molecular weight is 334 g/mol. The summed E-state index contributed by atoms with van der Waals surface area (Å²) in [6.07, 6.45) is 1.79. The Morgan fingerprint density at radius 2 is 2.38 bits per heavy atom. The van der Waals surface area contributed by atoms with Gasteiger partial charge in [-0.2, -0.15) is 0 Å². The molecular weight excluding hydrogens is 323 g/mol. The van der Waals surface area contributed by atoms with E-state index in [9.17, 15) is 10.1 Å². The first-order valence-corrected chi connectivity index (χ1v) is 6.07. The smallest absolute Gasteiger partial charge is 0.292 e. The van der Waals surface area contributed by atoms with E-state index in [0.717, 1.165) is 23.0 Å². The SMILES string of the molecule is O=[N+]([O-])c1ccc(I)cc1N[C@H]1CCCO1. The van der Waals surface area contributed by atoms with Crippen LogP contribution in [0.25, 0.3) is 0 Å². The highest BCUT2D eigenvalue weighted by Crippen LogP contribution is 2.28. The van der Waals surface area contributed by atoms with Crippen LogP contribution in [0.5, 0.6) is 0 Å². The minimum absolute atomic E-state index is 0.0934. The van der Waals surface area contributed by atoms with Gasteiger partial charge in [0.1, 0.15) is 11.9 Å². The third-order valence-corrected chi connectivity index (χ3v) is 3.07. The molecule has 0 saturated carbocycles. The van der Waals surface area contributed by atoms with Crippen LogP contribution in [0.15, 0.2) is 18.2 Å². The van der Waals surface area contributed by atoms with Gasteiger partial charge in [-0.3, -0.25) is 10.1 Å². The van der Waals surface area contributed by atoms with Gasteiger partial charge in [-0.05, 0) is 47.6 Å². The fraction of sp³-hybridized carbons (Fsp3) is 0.400. The van der Waals surface area contributed by atoms with Gasteiger partial charge in [0, 0.05) is 16.2 Å². The van der Waals surface area contributed by atoms with Crippen LogP contribution in [-0.2, 0) is 4.74 Å². The second-order valence-electron chi connectivity index (χ2n) is 3.56. The first-order chi connectivity index (χ1) is 7.66.